The number of likely N-dealkylation sites (N-methyl/N-ethyl adjacent to an activating group) is 1. The van der Waals surface area contributed by atoms with Gasteiger partial charge in [-0.2, -0.15) is 0 Å². The molecule has 1 aromatic heterocycles. The van der Waals surface area contributed by atoms with Crippen molar-refractivity contribution < 1.29 is 0 Å². The van der Waals surface area contributed by atoms with E-state index >= 15 is 0 Å². The Morgan fingerprint density at radius 3 is 2.59 bits per heavy atom. The molecule has 0 radical (unpaired) electrons. The standard InChI is InChI=1S/C15H23N7/c1-15(17-2)11-12(16)19-14(20-15)22-9-7-21(8-10-22)13-5-3-4-6-18-13/h3-6,11,17H,7-10,16H2,1-2H3,(H,19,20). The van der Waals surface area contributed by atoms with Gasteiger partial charge in [0.2, 0.25) is 5.96 Å². The van der Waals surface area contributed by atoms with Gasteiger partial charge >= 0.3 is 0 Å². The van der Waals surface area contributed by atoms with Crippen LogP contribution in [0.4, 0.5) is 5.82 Å². The predicted molar refractivity (Wildman–Crippen MR) is 88.3 cm³/mol. The number of nitrogens with two attached hydrogens (primary N) is 1. The molecular formula is C15H23N7. The third-order valence-corrected chi connectivity index (χ3v) is 4.09. The van der Waals surface area contributed by atoms with E-state index in [2.05, 4.69) is 25.4 Å². The van der Waals surface area contributed by atoms with Crippen LogP contribution in [0.5, 0.6) is 0 Å². The smallest absolute Gasteiger partial charge is 0.201 e. The first-order valence-corrected chi connectivity index (χ1v) is 7.55. The van der Waals surface area contributed by atoms with Crippen LogP contribution in [-0.4, -0.2) is 54.7 Å². The van der Waals surface area contributed by atoms with E-state index in [0.29, 0.717) is 5.82 Å². The molecule has 1 atom stereocenters. The molecule has 0 aliphatic carbocycles. The Morgan fingerprint density at radius 1 is 1.23 bits per heavy atom. The molecule has 118 valence electrons. The molecule has 1 unspecified atom stereocenters. The summed E-state index contributed by atoms with van der Waals surface area (Å²) in [6, 6.07) is 6.00. The number of nitrogens with one attached hydrogen (secondary N) is 2. The number of rotatable bonds is 2. The molecule has 7 heteroatoms. The highest BCUT2D eigenvalue weighted by Gasteiger charge is 2.28. The number of anilines is 1. The monoisotopic (exact) mass is 301 g/mol. The quantitative estimate of drug-likeness (QED) is 0.708. The van der Waals surface area contributed by atoms with Gasteiger partial charge in [-0.05, 0) is 32.2 Å². The zero-order chi connectivity index (χ0) is 15.6. The summed E-state index contributed by atoms with van der Waals surface area (Å²) in [5.74, 6) is 2.49. The summed E-state index contributed by atoms with van der Waals surface area (Å²) in [5.41, 5.74) is 5.53. The second-order valence-corrected chi connectivity index (χ2v) is 5.72. The highest BCUT2D eigenvalue weighted by Crippen LogP contribution is 2.16. The Labute approximate surface area is 130 Å². The largest absolute Gasteiger partial charge is 0.385 e. The molecule has 2 aliphatic heterocycles. The zero-order valence-electron chi connectivity index (χ0n) is 13.1. The van der Waals surface area contributed by atoms with Crippen molar-refractivity contribution >= 4 is 11.8 Å². The molecule has 0 bridgehead atoms. The van der Waals surface area contributed by atoms with E-state index in [1.165, 1.54) is 0 Å². The minimum absolute atomic E-state index is 0.456. The first kappa shape index (κ1) is 14.6. The Hall–Kier alpha value is -2.28. The van der Waals surface area contributed by atoms with Crippen LogP contribution in [0, 0.1) is 0 Å². The number of nitrogens with zero attached hydrogens (tertiary/aromatic N) is 4. The third-order valence-electron chi connectivity index (χ3n) is 4.09. The Bertz CT molecular complexity index is 575. The average Bonchev–Trinajstić information content (AvgIpc) is 2.55. The maximum atomic E-state index is 5.98. The van der Waals surface area contributed by atoms with Crippen molar-refractivity contribution in [2.75, 3.05) is 38.1 Å². The Kier molecular flexibility index (Phi) is 3.89. The second kappa shape index (κ2) is 5.84. The van der Waals surface area contributed by atoms with E-state index in [1.807, 2.05) is 44.4 Å². The molecule has 0 aromatic carbocycles. The van der Waals surface area contributed by atoms with Crippen molar-refractivity contribution in [2.24, 2.45) is 10.7 Å². The van der Waals surface area contributed by atoms with Gasteiger partial charge in [-0.3, -0.25) is 5.32 Å². The van der Waals surface area contributed by atoms with E-state index in [0.717, 1.165) is 38.0 Å². The van der Waals surface area contributed by atoms with Gasteiger partial charge in [0, 0.05) is 32.4 Å². The van der Waals surface area contributed by atoms with Crippen molar-refractivity contribution in [1.29, 1.82) is 0 Å². The van der Waals surface area contributed by atoms with Crippen molar-refractivity contribution in [3.05, 3.63) is 36.3 Å². The summed E-state index contributed by atoms with van der Waals surface area (Å²) in [4.78, 5) is 13.7. The number of pyridine rings is 1. The van der Waals surface area contributed by atoms with E-state index in [4.69, 9.17) is 10.7 Å². The van der Waals surface area contributed by atoms with Crippen LogP contribution >= 0.6 is 0 Å². The lowest BCUT2D eigenvalue weighted by atomic mass is 10.2. The van der Waals surface area contributed by atoms with Crippen LogP contribution in [0.1, 0.15) is 6.92 Å². The van der Waals surface area contributed by atoms with Gasteiger partial charge in [0.05, 0.1) is 0 Å². The van der Waals surface area contributed by atoms with E-state index in [9.17, 15) is 0 Å². The van der Waals surface area contributed by atoms with Crippen molar-refractivity contribution in [3.8, 4) is 0 Å². The predicted octanol–water partition coefficient (Wildman–Crippen LogP) is -0.101. The van der Waals surface area contributed by atoms with Gasteiger partial charge in [-0.15, -0.1) is 0 Å². The summed E-state index contributed by atoms with van der Waals surface area (Å²) >= 11 is 0. The number of guanidine groups is 1. The maximum absolute atomic E-state index is 5.98. The highest BCUT2D eigenvalue weighted by atomic mass is 15.4. The molecule has 1 fully saturated rings. The number of piperazine rings is 1. The number of aliphatic imine (C=N–C) groups is 1. The highest BCUT2D eigenvalue weighted by molar-refractivity contribution is 5.83. The van der Waals surface area contributed by atoms with Gasteiger partial charge in [-0.25, -0.2) is 9.98 Å². The summed E-state index contributed by atoms with van der Waals surface area (Å²) in [6.45, 7) is 5.60. The summed E-state index contributed by atoms with van der Waals surface area (Å²) in [6.07, 6.45) is 3.72. The number of hydrogen-bond acceptors (Lipinski definition) is 7. The van der Waals surface area contributed by atoms with Crippen LogP contribution in [0.3, 0.4) is 0 Å². The van der Waals surface area contributed by atoms with Gasteiger partial charge in [0.1, 0.15) is 17.3 Å². The first-order valence-electron chi connectivity index (χ1n) is 7.55. The fraction of sp³-hybridized carbons (Fsp3) is 0.467. The molecule has 7 nitrogen and oxygen atoms in total. The lowest BCUT2D eigenvalue weighted by molar-refractivity contribution is 0.360. The van der Waals surface area contributed by atoms with Crippen LogP contribution in [-0.2, 0) is 0 Å². The van der Waals surface area contributed by atoms with E-state index in [1.54, 1.807) is 0 Å². The summed E-state index contributed by atoms with van der Waals surface area (Å²) < 4.78 is 0. The molecule has 22 heavy (non-hydrogen) atoms. The van der Waals surface area contributed by atoms with E-state index in [-0.39, 0.29) is 0 Å². The normalized spacial score (nSPS) is 25.4. The summed E-state index contributed by atoms with van der Waals surface area (Å²) in [5, 5.41) is 6.35. The van der Waals surface area contributed by atoms with Crippen LogP contribution in [0.2, 0.25) is 0 Å². The first-order chi connectivity index (χ1) is 10.6. The minimum Gasteiger partial charge on any atom is -0.385 e. The molecular weight excluding hydrogens is 278 g/mol. The van der Waals surface area contributed by atoms with Crippen LogP contribution in [0.15, 0.2) is 41.3 Å². The van der Waals surface area contributed by atoms with Gasteiger partial charge in [0.25, 0.3) is 0 Å². The topological polar surface area (TPSA) is 81.8 Å². The molecule has 0 amide bonds. The molecule has 3 heterocycles. The molecule has 1 saturated heterocycles. The fourth-order valence-corrected chi connectivity index (χ4v) is 2.71. The second-order valence-electron chi connectivity index (χ2n) is 5.72. The average molecular weight is 301 g/mol. The summed E-state index contributed by atoms with van der Waals surface area (Å²) in [7, 11) is 1.88. The SMILES string of the molecule is CNC1(C)C=C(N)NC(N2CCN(c3ccccn3)CC2)=N1. The lowest BCUT2D eigenvalue weighted by Gasteiger charge is -2.39. The van der Waals surface area contributed by atoms with Gasteiger partial charge < -0.3 is 20.9 Å². The Morgan fingerprint density at radius 2 is 1.95 bits per heavy atom. The lowest BCUT2D eigenvalue weighted by Crippen LogP contribution is -2.56. The third kappa shape index (κ3) is 2.99. The molecule has 3 rings (SSSR count). The molecule has 1 aromatic rings. The van der Waals surface area contributed by atoms with E-state index < -0.39 is 5.66 Å². The molecule has 2 aliphatic rings. The molecule has 4 N–H and O–H groups in total. The molecule has 0 saturated carbocycles. The van der Waals surface area contributed by atoms with Crippen LogP contribution in [0.25, 0.3) is 0 Å². The number of hydrogen-bond donors (Lipinski definition) is 3. The van der Waals surface area contributed by atoms with Crippen LogP contribution < -0.4 is 21.3 Å². The maximum Gasteiger partial charge on any atom is 0.201 e. The minimum atomic E-state index is -0.456. The molecule has 0 spiro atoms. The number of aromatic nitrogens is 1. The van der Waals surface area contributed by atoms with Crippen molar-refractivity contribution in [2.45, 2.75) is 12.6 Å². The Balaban J connectivity index is 1.67. The van der Waals surface area contributed by atoms with Crippen molar-refractivity contribution in [3.63, 3.8) is 0 Å². The fourth-order valence-electron chi connectivity index (χ4n) is 2.71. The van der Waals surface area contributed by atoms with Crippen molar-refractivity contribution in [1.82, 2.24) is 20.5 Å². The zero-order valence-corrected chi connectivity index (χ0v) is 13.1. The van der Waals surface area contributed by atoms with Gasteiger partial charge in [-0.1, -0.05) is 6.07 Å². The van der Waals surface area contributed by atoms with Gasteiger partial charge in [0.15, 0.2) is 0 Å².